The largest absolute Gasteiger partial charge is 0.332 e. The first-order valence-electron chi connectivity index (χ1n) is 3.42. The van der Waals surface area contributed by atoms with Gasteiger partial charge in [-0.3, -0.25) is 4.79 Å². The van der Waals surface area contributed by atoms with Crippen LogP contribution in [0, 0.1) is 0 Å². The maximum absolute atomic E-state index is 10.9. The Balaban J connectivity index is 2.05. The van der Waals surface area contributed by atoms with Crippen LogP contribution in [0.2, 0.25) is 0 Å². The lowest BCUT2D eigenvalue weighted by atomic mass is 9.94. The Kier molecular flexibility index (Phi) is 1.73. The van der Waals surface area contributed by atoms with E-state index < -0.39 is 0 Å². The van der Waals surface area contributed by atoms with E-state index >= 15 is 0 Å². The van der Waals surface area contributed by atoms with Crippen LogP contribution in [0.25, 0.3) is 0 Å². The zero-order chi connectivity index (χ0) is 6.97. The minimum atomic E-state index is 0.158. The van der Waals surface area contributed by atoms with Crippen molar-refractivity contribution in [3.05, 3.63) is 0 Å². The molecule has 0 spiro atoms. The second-order valence-electron chi connectivity index (χ2n) is 2.75. The Labute approximate surface area is 61.0 Å². The van der Waals surface area contributed by atoms with Crippen molar-refractivity contribution < 1.29 is 13.8 Å². The average Bonchev–Trinajstić information content (AvgIpc) is 1.85. The van der Waals surface area contributed by atoms with Crippen LogP contribution in [0.5, 0.6) is 0 Å². The van der Waals surface area contributed by atoms with Crippen molar-refractivity contribution in [2.75, 3.05) is 0 Å². The summed E-state index contributed by atoms with van der Waals surface area (Å²) in [6.45, 7) is 0. The summed E-state index contributed by atoms with van der Waals surface area (Å²) in [4.78, 5) is 10.9. The highest BCUT2D eigenvalue weighted by molar-refractivity contribution is 7.26. The Hall–Kier alpha value is 0.0200. The van der Waals surface area contributed by atoms with Crippen LogP contribution in [0.3, 0.4) is 0 Å². The molecule has 56 valence electrons. The summed E-state index contributed by atoms with van der Waals surface area (Å²) in [7, 11) is 0.158. The van der Waals surface area contributed by atoms with Crippen LogP contribution in [-0.2, 0) is 13.8 Å². The Morgan fingerprint density at radius 3 is 2.50 bits per heavy atom. The van der Waals surface area contributed by atoms with Crippen LogP contribution in [0.4, 0.5) is 0 Å². The predicted molar refractivity (Wildman–Crippen MR) is 36.9 cm³/mol. The van der Waals surface area contributed by atoms with E-state index in [1.54, 1.807) is 0 Å². The number of ketones is 1. The molecule has 0 aromatic rings. The van der Waals surface area contributed by atoms with Gasteiger partial charge in [-0.1, -0.05) is 0 Å². The highest BCUT2D eigenvalue weighted by Gasteiger charge is 2.32. The van der Waals surface area contributed by atoms with E-state index in [-0.39, 0.29) is 27.0 Å². The van der Waals surface area contributed by atoms with Crippen molar-refractivity contribution in [3.8, 4) is 0 Å². The lowest BCUT2D eigenvalue weighted by Crippen LogP contribution is -2.34. The molecule has 0 amide bonds. The van der Waals surface area contributed by atoms with Gasteiger partial charge in [0.25, 0.3) is 0 Å². The number of fused-ring (bicyclic) bond motifs is 2. The summed E-state index contributed by atoms with van der Waals surface area (Å²) in [6, 6.07) is 0. The number of carbonyl (C=O) groups is 1. The Morgan fingerprint density at radius 2 is 1.90 bits per heavy atom. The standard InChI is InChI=1S/C6H9O3P/c7-4-1-5-3-6(2-4)9-10-8-5/h5-6,10H,1-3H2. The molecule has 3 nitrogen and oxygen atoms in total. The number of rotatable bonds is 0. The van der Waals surface area contributed by atoms with Crippen molar-refractivity contribution >= 4 is 14.8 Å². The number of carbonyl (C=O) groups excluding carboxylic acids is 1. The fraction of sp³-hybridized carbons (Fsp3) is 0.833. The van der Waals surface area contributed by atoms with E-state index in [9.17, 15) is 4.79 Å². The molecule has 0 N–H and O–H groups in total. The van der Waals surface area contributed by atoms with Gasteiger partial charge < -0.3 is 9.05 Å². The summed E-state index contributed by atoms with van der Waals surface area (Å²) in [5.74, 6) is 0.283. The van der Waals surface area contributed by atoms with Gasteiger partial charge in [-0.2, -0.15) is 0 Å². The molecule has 0 aromatic carbocycles. The summed E-state index contributed by atoms with van der Waals surface area (Å²) >= 11 is 0. The highest BCUT2D eigenvalue weighted by Crippen LogP contribution is 2.36. The van der Waals surface area contributed by atoms with Gasteiger partial charge in [0.15, 0.2) is 9.03 Å². The summed E-state index contributed by atoms with van der Waals surface area (Å²) in [6.07, 6.45) is 2.45. The fourth-order valence-corrected chi connectivity index (χ4v) is 2.08. The number of hydrogen-bond acceptors (Lipinski definition) is 3. The van der Waals surface area contributed by atoms with E-state index in [0.717, 1.165) is 6.42 Å². The molecular formula is C6H9O3P. The third-order valence-electron chi connectivity index (χ3n) is 1.87. The molecule has 1 saturated carbocycles. The maximum atomic E-state index is 10.9. The SMILES string of the molecule is O=C1CC2CC(C1)OPO2. The predicted octanol–water partition coefficient (Wildman–Crippen LogP) is 1.03. The van der Waals surface area contributed by atoms with Gasteiger partial charge in [0, 0.05) is 19.3 Å². The minimum absolute atomic E-state index is 0.158. The Bertz CT molecular complexity index is 145. The summed E-state index contributed by atoms with van der Waals surface area (Å²) < 4.78 is 10.4. The van der Waals surface area contributed by atoms with Gasteiger partial charge in [0.05, 0.1) is 12.2 Å². The van der Waals surface area contributed by atoms with Crippen molar-refractivity contribution in [2.24, 2.45) is 0 Å². The summed E-state index contributed by atoms with van der Waals surface area (Å²) in [5.41, 5.74) is 0. The highest BCUT2D eigenvalue weighted by atomic mass is 31.1. The molecule has 2 atom stereocenters. The number of Topliss-reactive ketones (excluding diaryl/α,β-unsaturated/α-hetero) is 1. The average molecular weight is 160 g/mol. The van der Waals surface area contributed by atoms with Crippen LogP contribution < -0.4 is 0 Å². The number of hydrogen-bond donors (Lipinski definition) is 0. The van der Waals surface area contributed by atoms with E-state index in [4.69, 9.17) is 9.05 Å². The first-order valence-corrected chi connectivity index (χ1v) is 4.24. The molecule has 2 unspecified atom stereocenters. The van der Waals surface area contributed by atoms with Crippen molar-refractivity contribution in [3.63, 3.8) is 0 Å². The smallest absolute Gasteiger partial charge is 0.155 e. The fourth-order valence-electron chi connectivity index (χ4n) is 1.39. The monoisotopic (exact) mass is 160 g/mol. The molecule has 2 aliphatic rings. The summed E-state index contributed by atoms with van der Waals surface area (Å²) in [5, 5.41) is 0. The van der Waals surface area contributed by atoms with Crippen LogP contribution in [0.15, 0.2) is 0 Å². The second kappa shape index (κ2) is 2.57. The van der Waals surface area contributed by atoms with Crippen molar-refractivity contribution in [1.29, 1.82) is 0 Å². The molecule has 10 heavy (non-hydrogen) atoms. The molecule has 0 aromatic heterocycles. The van der Waals surface area contributed by atoms with Gasteiger partial charge in [-0.25, -0.2) is 0 Å². The van der Waals surface area contributed by atoms with Gasteiger partial charge in [0.2, 0.25) is 0 Å². The molecule has 1 aliphatic carbocycles. The third kappa shape index (κ3) is 1.22. The zero-order valence-electron chi connectivity index (χ0n) is 5.50. The molecule has 0 radical (unpaired) electrons. The lowest BCUT2D eigenvalue weighted by molar-refractivity contribution is -0.127. The van der Waals surface area contributed by atoms with Crippen LogP contribution in [0.1, 0.15) is 19.3 Å². The van der Waals surface area contributed by atoms with Gasteiger partial charge in [0.1, 0.15) is 5.78 Å². The van der Waals surface area contributed by atoms with Gasteiger partial charge in [-0.15, -0.1) is 0 Å². The lowest BCUT2D eigenvalue weighted by Gasteiger charge is -2.32. The molecule has 2 rings (SSSR count). The zero-order valence-corrected chi connectivity index (χ0v) is 6.50. The van der Waals surface area contributed by atoms with Crippen molar-refractivity contribution in [1.82, 2.24) is 0 Å². The molecule has 1 aliphatic heterocycles. The normalized spacial score (nSPS) is 42.2. The quantitative estimate of drug-likeness (QED) is 0.496. The second-order valence-corrected chi connectivity index (χ2v) is 3.38. The third-order valence-corrected chi connectivity index (χ3v) is 2.73. The molecule has 1 saturated heterocycles. The van der Waals surface area contributed by atoms with Gasteiger partial charge in [-0.05, 0) is 0 Å². The van der Waals surface area contributed by atoms with Crippen LogP contribution in [-0.4, -0.2) is 18.0 Å². The van der Waals surface area contributed by atoms with Crippen LogP contribution >= 0.6 is 9.03 Å². The van der Waals surface area contributed by atoms with Crippen molar-refractivity contribution in [2.45, 2.75) is 31.5 Å². The van der Waals surface area contributed by atoms with E-state index in [2.05, 4.69) is 0 Å². The van der Waals surface area contributed by atoms with Gasteiger partial charge >= 0.3 is 0 Å². The minimum Gasteiger partial charge on any atom is -0.332 e. The molecule has 4 heteroatoms. The topological polar surface area (TPSA) is 35.5 Å². The van der Waals surface area contributed by atoms with E-state index in [0.29, 0.717) is 12.8 Å². The molecule has 1 heterocycles. The maximum Gasteiger partial charge on any atom is 0.155 e. The Morgan fingerprint density at radius 1 is 1.30 bits per heavy atom. The van der Waals surface area contributed by atoms with E-state index in [1.807, 2.05) is 0 Å². The molecular weight excluding hydrogens is 151 g/mol. The first kappa shape index (κ1) is 6.71. The molecule has 2 bridgehead atoms. The van der Waals surface area contributed by atoms with E-state index in [1.165, 1.54) is 0 Å². The first-order chi connectivity index (χ1) is 4.84. The molecule has 2 fully saturated rings.